The number of aromatic amines is 1. The highest BCUT2D eigenvalue weighted by Gasteiger charge is 2.23. The lowest BCUT2D eigenvalue weighted by atomic mass is 9.97. The van der Waals surface area contributed by atoms with Crippen LogP contribution in [0, 0.1) is 0 Å². The van der Waals surface area contributed by atoms with Crippen molar-refractivity contribution in [3.63, 3.8) is 0 Å². The van der Waals surface area contributed by atoms with Gasteiger partial charge in [0.05, 0.1) is 7.11 Å². The third-order valence-corrected chi connectivity index (χ3v) is 5.23. The van der Waals surface area contributed by atoms with Crippen LogP contribution in [0.15, 0.2) is 55.0 Å². The standard InChI is InChI=1S/C22H17N5O4/c1-31-17(28)10-24-22(30)19-20(29)15-4-2-3-14(18(15)21-25-11-26-27(19)21)13-6-5-12-7-8-23-16(12)9-13/h2-9,11,23,29H,10H2,1H3,(H,24,30). The van der Waals surface area contributed by atoms with Crippen molar-refractivity contribution >= 4 is 39.2 Å². The molecule has 31 heavy (non-hydrogen) atoms. The normalized spacial score (nSPS) is 11.3. The van der Waals surface area contributed by atoms with Gasteiger partial charge in [-0.15, -0.1) is 0 Å². The van der Waals surface area contributed by atoms with Crippen molar-refractivity contribution in [3.05, 3.63) is 60.7 Å². The molecule has 3 heterocycles. The van der Waals surface area contributed by atoms with Gasteiger partial charge in [-0.3, -0.25) is 9.59 Å². The van der Waals surface area contributed by atoms with E-state index in [1.807, 2.05) is 36.5 Å². The topological polar surface area (TPSA) is 122 Å². The van der Waals surface area contributed by atoms with Crippen molar-refractivity contribution in [1.29, 1.82) is 0 Å². The summed E-state index contributed by atoms with van der Waals surface area (Å²) in [6.07, 6.45) is 3.19. The maximum Gasteiger partial charge on any atom is 0.325 e. The number of nitrogens with one attached hydrogen (secondary N) is 2. The molecule has 0 radical (unpaired) electrons. The van der Waals surface area contributed by atoms with E-state index in [1.54, 1.807) is 12.1 Å². The Morgan fingerprint density at radius 1 is 1.23 bits per heavy atom. The second-order valence-electron chi connectivity index (χ2n) is 6.96. The van der Waals surface area contributed by atoms with E-state index in [0.717, 1.165) is 22.0 Å². The molecule has 5 rings (SSSR count). The molecule has 3 aromatic heterocycles. The molecule has 2 aromatic carbocycles. The zero-order valence-corrected chi connectivity index (χ0v) is 16.4. The molecule has 0 aliphatic rings. The van der Waals surface area contributed by atoms with E-state index in [9.17, 15) is 14.7 Å². The number of benzene rings is 2. The monoisotopic (exact) mass is 415 g/mol. The van der Waals surface area contributed by atoms with E-state index in [4.69, 9.17) is 0 Å². The van der Waals surface area contributed by atoms with Crippen molar-refractivity contribution < 1.29 is 19.4 Å². The number of aromatic nitrogens is 4. The highest BCUT2D eigenvalue weighted by atomic mass is 16.5. The number of hydrogen-bond acceptors (Lipinski definition) is 6. The minimum Gasteiger partial charge on any atom is -0.505 e. The third kappa shape index (κ3) is 2.94. The summed E-state index contributed by atoms with van der Waals surface area (Å²) in [6.45, 7) is -0.334. The highest BCUT2D eigenvalue weighted by Crippen LogP contribution is 2.38. The molecule has 0 atom stereocenters. The fraction of sp³-hybridized carbons (Fsp3) is 0.0909. The minimum atomic E-state index is -0.668. The largest absolute Gasteiger partial charge is 0.505 e. The van der Waals surface area contributed by atoms with Gasteiger partial charge in [0.15, 0.2) is 17.1 Å². The molecule has 5 aromatic rings. The average molecular weight is 415 g/mol. The highest BCUT2D eigenvalue weighted by molar-refractivity contribution is 6.12. The molecule has 154 valence electrons. The first-order valence-corrected chi connectivity index (χ1v) is 9.48. The van der Waals surface area contributed by atoms with Crippen LogP contribution in [0.3, 0.4) is 0 Å². The van der Waals surface area contributed by atoms with Crippen molar-refractivity contribution in [1.82, 2.24) is 24.9 Å². The number of H-pyrrole nitrogens is 1. The molecule has 0 fully saturated rings. The first-order valence-electron chi connectivity index (χ1n) is 9.48. The van der Waals surface area contributed by atoms with Crippen LogP contribution in [0.4, 0.5) is 0 Å². The van der Waals surface area contributed by atoms with Gasteiger partial charge in [0.2, 0.25) is 0 Å². The molecular formula is C22H17N5O4. The molecular weight excluding hydrogens is 398 g/mol. The van der Waals surface area contributed by atoms with Crippen LogP contribution in [-0.2, 0) is 9.53 Å². The number of esters is 1. The number of aromatic hydroxyl groups is 1. The van der Waals surface area contributed by atoms with Crippen molar-refractivity contribution in [2.24, 2.45) is 0 Å². The molecule has 0 aliphatic heterocycles. The molecule has 3 N–H and O–H groups in total. The molecule has 9 heteroatoms. The van der Waals surface area contributed by atoms with Crippen LogP contribution in [0.1, 0.15) is 10.5 Å². The minimum absolute atomic E-state index is 0.110. The lowest BCUT2D eigenvalue weighted by molar-refractivity contribution is -0.139. The molecule has 1 amide bonds. The number of methoxy groups -OCH3 is 1. The Morgan fingerprint density at radius 3 is 2.94 bits per heavy atom. The molecule has 9 nitrogen and oxygen atoms in total. The molecule has 0 saturated heterocycles. The zero-order chi connectivity index (χ0) is 21.5. The maximum atomic E-state index is 12.7. The molecule has 0 unspecified atom stereocenters. The van der Waals surface area contributed by atoms with E-state index < -0.39 is 11.9 Å². The maximum absolute atomic E-state index is 12.7. The van der Waals surface area contributed by atoms with Crippen LogP contribution >= 0.6 is 0 Å². The van der Waals surface area contributed by atoms with Gasteiger partial charge >= 0.3 is 5.97 Å². The number of fused-ring (bicyclic) bond motifs is 4. The van der Waals surface area contributed by atoms with Gasteiger partial charge in [-0.25, -0.2) is 9.50 Å². The van der Waals surface area contributed by atoms with Gasteiger partial charge in [-0.05, 0) is 28.6 Å². The van der Waals surface area contributed by atoms with Crippen LogP contribution in [0.25, 0.3) is 38.4 Å². The quantitative estimate of drug-likeness (QED) is 0.388. The van der Waals surface area contributed by atoms with Crippen molar-refractivity contribution in [2.75, 3.05) is 13.7 Å². The Balaban J connectivity index is 1.73. The summed E-state index contributed by atoms with van der Waals surface area (Å²) in [4.78, 5) is 31.7. The predicted molar refractivity (Wildman–Crippen MR) is 114 cm³/mol. The first kappa shape index (κ1) is 18.6. The number of carbonyl (C=O) groups is 2. The number of amides is 1. The van der Waals surface area contributed by atoms with Gasteiger partial charge in [0.1, 0.15) is 12.9 Å². The summed E-state index contributed by atoms with van der Waals surface area (Å²) >= 11 is 0. The average Bonchev–Trinajstić information content (AvgIpc) is 3.46. The van der Waals surface area contributed by atoms with Crippen LogP contribution < -0.4 is 5.32 Å². The Labute approximate surface area is 175 Å². The smallest absolute Gasteiger partial charge is 0.325 e. The van der Waals surface area contributed by atoms with Gasteiger partial charge in [0.25, 0.3) is 5.91 Å². The molecule has 0 saturated carbocycles. The SMILES string of the molecule is COC(=O)CNC(=O)c1c(O)c2cccc(-c3ccc4cc[nH]c4c3)c2c2ncnn12. The number of carbonyl (C=O) groups excluding carboxylic acids is 2. The lowest BCUT2D eigenvalue weighted by Gasteiger charge is -2.14. The summed E-state index contributed by atoms with van der Waals surface area (Å²) in [5.41, 5.74) is 3.05. The van der Waals surface area contributed by atoms with Gasteiger partial charge in [-0.2, -0.15) is 5.10 Å². The van der Waals surface area contributed by atoms with Crippen LogP contribution in [0.5, 0.6) is 5.75 Å². The zero-order valence-electron chi connectivity index (χ0n) is 16.4. The van der Waals surface area contributed by atoms with Gasteiger partial charge in [-0.1, -0.05) is 30.3 Å². The van der Waals surface area contributed by atoms with E-state index in [0.29, 0.717) is 16.4 Å². The summed E-state index contributed by atoms with van der Waals surface area (Å²) in [5.74, 6) is -1.53. The Kier molecular flexibility index (Phi) is 4.28. The van der Waals surface area contributed by atoms with Crippen molar-refractivity contribution in [3.8, 4) is 16.9 Å². The number of hydrogen-bond donors (Lipinski definition) is 3. The van der Waals surface area contributed by atoms with E-state index in [-0.39, 0.29) is 18.0 Å². The second kappa shape index (κ2) is 7.13. The second-order valence-corrected chi connectivity index (χ2v) is 6.96. The van der Waals surface area contributed by atoms with Gasteiger partial charge < -0.3 is 20.1 Å². The Morgan fingerprint density at radius 2 is 2.10 bits per heavy atom. The fourth-order valence-electron chi connectivity index (χ4n) is 3.76. The summed E-state index contributed by atoms with van der Waals surface area (Å²) < 4.78 is 5.82. The summed E-state index contributed by atoms with van der Waals surface area (Å²) in [5, 5.41) is 19.8. The number of pyridine rings is 1. The Bertz CT molecular complexity index is 1480. The predicted octanol–water partition coefficient (Wildman–Crippen LogP) is 2.64. The third-order valence-electron chi connectivity index (χ3n) is 5.23. The summed E-state index contributed by atoms with van der Waals surface area (Å²) in [6, 6.07) is 13.5. The van der Waals surface area contributed by atoms with Crippen molar-refractivity contribution in [2.45, 2.75) is 0 Å². The first-order chi connectivity index (χ1) is 15.1. The lowest BCUT2D eigenvalue weighted by Crippen LogP contribution is -2.31. The van der Waals surface area contributed by atoms with Crippen LogP contribution in [0.2, 0.25) is 0 Å². The van der Waals surface area contributed by atoms with E-state index in [1.165, 1.54) is 18.0 Å². The van der Waals surface area contributed by atoms with E-state index in [2.05, 4.69) is 25.1 Å². The fourth-order valence-corrected chi connectivity index (χ4v) is 3.76. The molecule has 0 bridgehead atoms. The number of nitrogens with zero attached hydrogens (tertiary/aromatic N) is 3. The number of ether oxygens (including phenoxy) is 1. The Hall–Kier alpha value is -4.40. The summed E-state index contributed by atoms with van der Waals surface area (Å²) in [7, 11) is 1.23. The van der Waals surface area contributed by atoms with E-state index >= 15 is 0 Å². The van der Waals surface area contributed by atoms with Crippen LogP contribution in [-0.4, -0.2) is 50.2 Å². The van der Waals surface area contributed by atoms with Gasteiger partial charge in [0, 0.05) is 22.5 Å². The molecule has 0 spiro atoms. The molecule has 0 aliphatic carbocycles. The number of rotatable bonds is 4.